The number of aromatic amines is 1. The summed E-state index contributed by atoms with van der Waals surface area (Å²) in [6.07, 6.45) is 2.13. The van der Waals surface area contributed by atoms with Gasteiger partial charge in [0.2, 0.25) is 0 Å². The van der Waals surface area contributed by atoms with Crippen LogP contribution in [0.25, 0.3) is 22.4 Å². The van der Waals surface area contributed by atoms with Crippen molar-refractivity contribution in [2.45, 2.75) is 18.9 Å². The maximum atomic E-state index is 6.00. The molecule has 4 rings (SSSR count). The van der Waals surface area contributed by atoms with E-state index in [2.05, 4.69) is 45.2 Å². The largest absolute Gasteiger partial charge is 0.371 e. The van der Waals surface area contributed by atoms with E-state index >= 15 is 0 Å². The van der Waals surface area contributed by atoms with Crippen LogP contribution in [0, 0.1) is 0 Å². The second-order valence-electron chi connectivity index (χ2n) is 5.98. The highest BCUT2D eigenvalue weighted by Crippen LogP contribution is 2.26. The predicted molar refractivity (Wildman–Crippen MR) is 91.0 cm³/mol. The van der Waals surface area contributed by atoms with Gasteiger partial charge in [-0.3, -0.25) is 0 Å². The van der Waals surface area contributed by atoms with Crippen LogP contribution in [0.4, 0.5) is 5.69 Å². The molecule has 22 heavy (non-hydrogen) atoms. The molecule has 0 amide bonds. The van der Waals surface area contributed by atoms with Gasteiger partial charge in [-0.05, 0) is 37.1 Å². The van der Waals surface area contributed by atoms with E-state index in [0.29, 0.717) is 6.04 Å². The number of anilines is 1. The molecule has 0 bridgehead atoms. The van der Waals surface area contributed by atoms with Gasteiger partial charge in [-0.1, -0.05) is 24.3 Å². The van der Waals surface area contributed by atoms with Gasteiger partial charge in [0.1, 0.15) is 5.82 Å². The quantitative estimate of drug-likeness (QED) is 0.763. The number of hydrogen-bond acceptors (Lipinski definition) is 3. The fraction of sp³-hybridized carbons (Fsp3) is 0.278. The van der Waals surface area contributed by atoms with Crippen molar-refractivity contribution >= 4 is 16.7 Å². The predicted octanol–water partition coefficient (Wildman–Crippen LogP) is 3.16. The average Bonchev–Trinajstić information content (AvgIpc) is 3.00. The molecule has 0 atom stereocenters. The summed E-state index contributed by atoms with van der Waals surface area (Å²) in [7, 11) is 0. The number of aromatic nitrogens is 2. The van der Waals surface area contributed by atoms with Gasteiger partial charge >= 0.3 is 0 Å². The molecule has 1 aliphatic rings. The Kier molecular flexibility index (Phi) is 3.31. The summed E-state index contributed by atoms with van der Waals surface area (Å²) in [4.78, 5) is 10.5. The number of nitrogens with zero attached hydrogens (tertiary/aromatic N) is 2. The van der Waals surface area contributed by atoms with E-state index in [-0.39, 0.29) is 0 Å². The van der Waals surface area contributed by atoms with E-state index in [4.69, 9.17) is 5.73 Å². The molecule has 1 saturated heterocycles. The molecule has 2 aromatic carbocycles. The zero-order chi connectivity index (χ0) is 14.9. The number of benzene rings is 2. The Morgan fingerprint density at radius 3 is 2.68 bits per heavy atom. The standard InChI is InChI=1S/C18H20N4/c19-14-8-10-22(11-9-14)15-5-3-4-13(12-15)18-20-16-6-1-2-7-17(16)21-18/h1-7,12,14H,8-11,19H2,(H,20,21). The average molecular weight is 292 g/mol. The van der Waals surface area contributed by atoms with Crippen molar-refractivity contribution in [1.82, 2.24) is 9.97 Å². The van der Waals surface area contributed by atoms with Crippen LogP contribution in [0.1, 0.15) is 12.8 Å². The third kappa shape index (κ3) is 2.46. The molecule has 0 spiro atoms. The topological polar surface area (TPSA) is 57.9 Å². The third-order valence-electron chi connectivity index (χ3n) is 4.41. The first-order valence-electron chi connectivity index (χ1n) is 7.85. The first kappa shape index (κ1) is 13.3. The summed E-state index contributed by atoms with van der Waals surface area (Å²) in [5.74, 6) is 0.928. The molecule has 1 aromatic heterocycles. The molecule has 0 unspecified atom stereocenters. The van der Waals surface area contributed by atoms with Crippen molar-refractivity contribution in [2.75, 3.05) is 18.0 Å². The number of H-pyrrole nitrogens is 1. The minimum Gasteiger partial charge on any atom is -0.371 e. The molecule has 1 aliphatic heterocycles. The molecular formula is C18H20N4. The normalized spacial score (nSPS) is 16.3. The summed E-state index contributed by atoms with van der Waals surface area (Å²) in [6, 6.07) is 17.1. The minimum absolute atomic E-state index is 0.356. The van der Waals surface area contributed by atoms with Crippen LogP contribution in [0.15, 0.2) is 48.5 Å². The molecule has 112 valence electrons. The van der Waals surface area contributed by atoms with Crippen molar-refractivity contribution < 1.29 is 0 Å². The zero-order valence-corrected chi connectivity index (χ0v) is 12.5. The highest BCUT2D eigenvalue weighted by molar-refractivity contribution is 5.79. The highest BCUT2D eigenvalue weighted by atomic mass is 15.1. The molecule has 0 radical (unpaired) electrons. The van der Waals surface area contributed by atoms with Crippen LogP contribution in [-0.2, 0) is 0 Å². The summed E-state index contributed by atoms with van der Waals surface area (Å²) in [6.45, 7) is 2.06. The van der Waals surface area contributed by atoms with Gasteiger partial charge in [0.05, 0.1) is 11.0 Å². The lowest BCUT2D eigenvalue weighted by Gasteiger charge is -2.32. The first-order valence-corrected chi connectivity index (χ1v) is 7.85. The van der Waals surface area contributed by atoms with E-state index in [1.54, 1.807) is 0 Å². The summed E-state index contributed by atoms with van der Waals surface area (Å²) in [5.41, 5.74) is 10.5. The van der Waals surface area contributed by atoms with Crippen molar-refractivity contribution in [3.63, 3.8) is 0 Å². The number of imidazole rings is 1. The first-order chi connectivity index (χ1) is 10.8. The number of nitrogens with one attached hydrogen (secondary N) is 1. The molecule has 0 aliphatic carbocycles. The maximum absolute atomic E-state index is 6.00. The van der Waals surface area contributed by atoms with Gasteiger partial charge in [0.15, 0.2) is 0 Å². The Balaban J connectivity index is 1.66. The van der Waals surface area contributed by atoms with E-state index in [0.717, 1.165) is 48.4 Å². The van der Waals surface area contributed by atoms with Crippen molar-refractivity contribution in [3.05, 3.63) is 48.5 Å². The Hall–Kier alpha value is -2.33. The summed E-state index contributed by atoms with van der Waals surface area (Å²) in [5, 5.41) is 0. The molecule has 4 nitrogen and oxygen atoms in total. The maximum Gasteiger partial charge on any atom is 0.138 e. The number of piperidine rings is 1. The van der Waals surface area contributed by atoms with Crippen LogP contribution in [0.5, 0.6) is 0 Å². The number of hydrogen-bond donors (Lipinski definition) is 2. The van der Waals surface area contributed by atoms with Gasteiger partial charge in [-0.15, -0.1) is 0 Å². The molecule has 3 N–H and O–H groups in total. The Labute approximate surface area is 130 Å². The lowest BCUT2D eigenvalue weighted by atomic mass is 10.0. The summed E-state index contributed by atoms with van der Waals surface area (Å²) < 4.78 is 0. The molecular weight excluding hydrogens is 272 g/mol. The minimum atomic E-state index is 0.356. The van der Waals surface area contributed by atoms with E-state index in [1.807, 2.05) is 18.2 Å². The molecule has 4 heteroatoms. The highest BCUT2D eigenvalue weighted by Gasteiger charge is 2.17. The molecule has 1 fully saturated rings. The third-order valence-corrected chi connectivity index (χ3v) is 4.41. The number of nitrogens with two attached hydrogens (primary N) is 1. The Morgan fingerprint density at radius 2 is 1.86 bits per heavy atom. The Bertz CT molecular complexity index is 751. The van der Waals surface area contributed by atoms with Gasteiger partial charge < -0.3 is 15.6 Å². The Morgan fingerprint density at radius 1 is 1.05 bits per heavy atom. The lowest BCUT2D eigenvalue weighted by Crippen LogP contribution is -2.39. The van der Waals surface area contributed by atoms with Crippen molar-refractivity contribution in [3.8, 4) is 11.4 Å². The lowest BCUT2D eigenvalue weighted by molar-refractivity contribution is 0.501. The van der Waals surface area contributed by atoms with Crippen molar-refractivity contribution in [2.24, 2.45) is 5.73 Å². The zero-order valence-electron chi connectivity index (χ0n) is 12.5. The second kappa shape index (κ2) is 5.46. The monoisotopic (exact) mass is 292 g/mol. The van der Waals surface area contributed by atoms with E-state index < -0.39 is 0 Å². The number of fused-ring (bicyclic) bond motifs is 1. The van der Waals surface area contributed by atoms with Gasteiger partial charge in [0.25, 0.3) is 0 Å². The van der Waals surface area contributed by atoms with Crippen LogP contribution in [0.2, 0.25) is 0 Å². The summed E-state index contributed by atoms with van der Waals surface area (Å²) >= 11 is 0. The van der Waals surface area contributed by atoms with Crippen LogP contribution >= 0.6 is 0 Å². The van der Waals surface area contributed by atoms with Gasteiger partial charge in [-0.25, -0.2) is 4.98 Å². The second-order valence-corrected chi connectivity index (χ2v) is 5.98. The van der Waals surface area contributed by atoms with Gasteiger partial charge in [-0.2, -0.15) is 0 Å². The van der Waals surface area contributed by atoms with Crippen LogP contribution < -0.4 is 10.6 Å². The van der Waals surface area contributed by atoms with Crippen molar-refractivity contribution in [1.29, 1.82) is 0 Å². The molecule has 2 heterocycles. The van der Waals surface area contributed by atoms with E-state index in [9.17, 15) is 0 Å². The SMILES string of the molecule is NC1CCN(c2cccc(-c3nc4ccccc4[nH]3)c2)CC1. The fourth-order valence-electron chi connectivity index (χ4n) is 3.10. The molecule has 0 saturated carbocycles. The van der Waals surface area contributed by atoms with Gasteiger partial charge in [0, 0.05) is 30.4 Å². The number of rotatable bonds is 2. The smallest absolute Gasteiger partial charge is 0.138 e. The van der Waals surface area contributed by atoms with Crippen LogP contribution in [-0.4, -0.2) is 29.1 Å². The fourth-order valence-corrected chi connectivity index (χ4v) is 3.10. The van der Waals surface area contributed by atoms with E-state index in [1.165, 1.54) is 5.69 Å². The van der Waals surface area contributed by atoms with Crippen LogP contribution in [0.3, 0.4) is 0 Å². The molecule has 3 aromatic rings. The number of para-hydroxylation sites is 2.